The molecule has 2 aromatic rings. The van der Waals surface area contributed by atoms with Crippen LogP contribution in [0.4, 0.5) is 5.69 Å². The fraction of sp³-hybridized carbons (Fsp3) is 0.300. The average Bonchev–Trinajstić information content (AvgIpc) is 2.68. The van der Waals surface area contributed by atoms with Gasteiger partial charge in [0.2, 0.25) is 0 Å². The maximum atomic E-state index is 11.3. The van der Waals surface area contributed by atoms with E-state index >= 15 is 0 Å². The van der Waals surface area contributed by atoms with E-state index in [4.69, 9.17) is 11.6 Å². The highest BCUT2D eigenvalue weighted by Gasteiger charge is 2.04. The summed E-state index contributed by atoms with van der Waals surface area (Å²) in [5, 5.41) is 18.1. The van der Waals surface area contributed by atoms with Crippen LogP contribution in [0.2, 0.25) is 0 Å². The number of rotatable bonds is 4. The lowest BCUT2D eigenvalue weighted by Gasteiger charge is -2.09. The average molecular weight is 242 g/mol. The van der Waals surface area contributed by atoms with Gasteiger partial charge in [-0.1, -0.05) is 0 Å². The Labute approximate surface area is 96.4 Å². The Balaban J connectivity index is 2.19. The Hall–Kier alpha value is -1.46. The largest absolute Gasteiger partial charge is 0.390 e. The van der Waals surface area contributed by atoms with Crippen LogP contribution in [0.3, 0.4) is 0 Å². The molecule has 0 aliphatic heterocycles. The summed E-state index contributed by atoms with van der Waals surface area (Å²) in [5.41, 5.74) is 1.38. The van der Waals surface area contributed by atoms with Gasteiger partial charge in [0, 0.05) is 12.2 Å². The van der Waals surface area contributed by atoms with E-state index in [9.17, 15) is 9.90 Å². The normalized spacial score (nSPS) is 12.9. The molecule has 0 aliphatic carbocycles. The van der Waals surface area contributed by atoms with Crippen LogP contribution in [0.5, 0.6) is 0 Å². The van der Waals surface area contributed by atoms with Gasteiger partial charge in [-0.05, 0) is 18.2 Å². The Kier molecular flexibility index (Phi) is 3.17. The maximum absolute atomic E-state index is 11.3. The van der Waals surface area contributed by atoms with Gasteiger partial charge >= 0.3 is 0 Å². The van der Waals surface area contributed by atoms with E-state index in [0.717, 1.165) is 11.2 Å². The smallest absolute Gasteiger partial charge is 0.271 e. The summed E-state index contributed by atoms with van der Waals surface area (Å²) in [6.07, 6.45) is -0.595. The van der Waals surface area contributed by atoms with E-state index < -0.39 is 6.10 Å². The van der Waals surface area contributed by atoms with Crippen LogP contribution in [0.15, 0.2) is 23.0 Å². The van der Waals surface area contributed by atoms with Crippen molar-refractivity contribution in [3.63, 3.8) is 0 Å². The number of fused-ring (bicyclic) bond motifs is 1. The Morgan fingerprint density at radius 1 is 1.44 bits per heavy atom. The van der Waals surface area contributed by atoms with Crippen molar-refractivity contribution in [1.29, 1.82) is 0 Å². The van der Waals surface area contributed by atoms with Gasteiger partial charge in [0.05, 0.1) is 22.9 Å². The van der Waals surface area contributed by atoms with Crippen molar-refractivity contribution >= 4 is 28.2 Å². The number of aromatic nitrogens is 2. The molecule has 0 fully saturated rings. The SMILES string of the molecule is O=c1[nH][nH]c2ccc(NCC(O)CCl)cc12. The van der Waals surface area contributed by atoms with Crippen LogP contribution in [0.25, 0.3) is 10.9 Å². The minimum absolute atomic E-state index is 0.156. The van der Waals surface area contributed by atoms with E-state index in [2.05, 4.69) is 15.5 Å². The Morgan fingerprint density at radius 2 is 2.25 bits per heavy atom. The number of alkyl halides is 1. The van der Waals surface area contributed by atoms with Gasteiger partial charge < -0.3 is 10.4 Å². The highest BCUT2D eigenvalue weighted by atomic mass is 35.5. The van der Waals surface area contributed by atoms with Crippen LogP contribution in [0.1, 0.15) is 0 Å². The molecule has 0 spiro atoms. The number of aliphatic hydroxyl groups is 1. The number of aromatic amines is 2. The summed E-state index contributed by atoms with van der Waals surface area (Å²) in [7, 11) is 0. The van der Waals surface area contributed by atoms with Gasteiger partial charge in [-0.2, -0.15) is 0 Å². The lowest BCUT2D eigenvalue weighted by molar-refractivity contribution is 0.211. The standard InChI is InChI=1S/C10H12ClN3O2/c11-4-7(15)5-12-6-1-2-9-8(3-6)10(16)14-13-9/h1-3,7,12,15H,4-5H2,(H2,13,14,16). The van der Waals surface area contributed by atoms with Crippen molar-refractivity contribution < 1.29 is 5.11 Å². The molecule has 0 saturated heterocycles. The van der Waals surface area contributed by atoms with E-state index in [-0.39, 0.29) is 11.4 Å². The van der Waals surface area contributed by atoms with Gasteiger partial charge in [-0.15, -0.1) is 11.6 Å². The van der Waals surface area contributed by atoms with Crippen molar-refractivity contribution in [2.75, 3.05) is 17.7 Å². The van der Waals surface area contributed by atoms with Gasteiger partial charge in [0.1, 0.15) is 0 Å². The summed E-state index contributed by atoms with van der Waals surface area (Å²) < 4.78 is 0. The van der Waals surface area contributed by atoms with E-state index in [1.165, 1.54) is 0 Å². The minimum atomic E-state index is -0.595. The third kappa shape index (κ3) is 2.20. The third-order valence-electron chi connectivity index (χ3n) is 2.29. The highest BCUT2D eigenvalue weighted by Crippen LogP contribution is 2.13. The van der Waals surface area contributed by atoms with Gasteiger partial charge in [0.15, 0.2) is 0 Å². The molecule has 0 amide bonds. The summed E-state index contributed by atoms with van der Waals surface area (Å²) in [5.74, 6) is 0.181. The molecule has 16 heavy (non-hydrogen) atoms. The van der Waals surface area contributed by atoms with Gasteiger partial charge in [0.25, 0.3) is 5.56 Å². The second-order valence-corrected chi connectivity index (χ2v) is 3.84. The molecule has 0 bridgehead atoms. The van der Waals surface area contributed by atoms with Crippen molar-refractivity contribution in [2.24, 2.45) is 0 Å². The van der Waals surface area contributed by atoms with Gasteiger partial charge in [-0.3, -0.25) is 15.0 Å². The zero-order valence-corrected chi connectivity index (χ0v) is 9.21. The monoisotopic (exact) mass is 241 g/mol. The first kappa shape index (κ1) is 11.0. The zero-order valence-electron chi connectivity index (χ0n) is 8.46. The number of hydrogen-bond acceptors (Lipinski definition) is 3. The second-order valence-electron chi connectivity index (χ2n) is 3.53. The molecular weight excluding hydrogens is 230 g/mol. The molecule has 1 aromatic heterocycles. The predicted octanol–water partition coefficient (Wildman–Crippen LogP) is 0.868. The summed E-state index contributed by atoms with van der Waals surface area (Å²) >= 11 is 5.47. The number of benzene rings is 1. The zero-order chi connectivity index (χ0) is 11.5. The number of nitrogens with one attached hydrogen (secondary N) is 3. The molecular formula is C10H12ClN3O2. The summed E-state index contributed by atoms with van der Waals surface area (Å²) in [6.45, 7) is 0.358. The quantitative estimate of drug-likeness (QED) is 0.600. The molecule has 6 heteroatoms. The maximum Gasteiger partial charge on any atom is 0.271 e. The lowest BCUT2D eigenvalue weighted by atomic mass is 10.2. The van der Waals surface area contributed by atoms with Gasteiger partial charge in [-0.25, -0.2) is 0 Å². The molecule has 1 aromatic carbocycles. The fourth-order valence-electron chi connectivity index (χ4n) is 1.43. The third-order valence-corrected chi connectivity index (χ3v) is 2.65. The first-order valence-electron chi connectivity index (χ1n) is 4.89. The van der Waals surface area contributed by atoms with Crippen molar-refractivity contribution in [1.82, 2.24) is 10.2 Å². The first-order valence-corrected chi connectivity index (χ1v) is 5.42. The first-order chi connectivity index (χ1) is 7.70. The van der Waals surface area contributed by atoms with E-state index in [0.29, 0.717) is 11.9 Å². The number of anilines is 1. The van der Waals surface area contributed by atoms with E-state index in [1.54, 1.807) is 12.1 Å². The van der Waals surface area contributed by atoms with Crippen molar-refractivity contribution in [2.45, 2.75) is 6.10 Å². The fourth-order valence-corrected chi connectivity index (χ4v) is 1.54. The van der Waals surface area contributed by atoms with Crippen LogP contribution in [-0.2, 0) is 0 Å². The predicted molar refractivity (Wildman–Crippen MR) is 64.1 cm³/mol. The highest BCUT2D eigenvalue weighted by molar-refractivity contribution is 6.18. The minimum Gasteiger partial charge on any atom is -0.390 e. The summed E-state index contributed by atoms with van der Waals surface area (Å²) in [4.78, 5) is 11.3. The second kappa shape index (κ2) is 4.59. The Bertz CT molecular complexity index is 534. The van der Waals surface area contributed by atoms with Crippen LogP contribution >= 0.6 is 11.6 Å². The van der Waals surface area contributed by atoms with Crippen molar-refractivity contribution in [3.05, 3.63) is 28.6 Å². The Morgan fingerprint density at radius 3 is 3.00 bits per heavy atom. The molecule has 86 valence electrons. The number of halogens is 1. The molecule has 0 radical (unpaired) electrons. The molecule has 1 atom stereocenters. The summed E-state index contributed by atoms with van der Waals surface area (Å²) in [6, 6.07) is 5.35. The molecule has 4 N–H and O–H groups in total. The number of H-pyrrole nitrogens is 2. The molecule has 0 saturated carbocycles. The molecule has 1 unspecified atom stereocenters. The molecule has 1 heterocycles. The van der Waals surface area contributed by atoms with Crippen LogP contribution in [0, 0.1) is 0 Å². The van der Waals surface area contributed by atoms with Crippen molar-refractivity contribution in [3.8, 4) is 0 Å². The molecule has 2 rings (SSSR count). The van der Waals surface area contributed by atoms with E-state index in [1.807, 2.05) is 6.07 Å². The number of aliphatic hydroxyl groups excluding tert-OH is 1. The van der Waals surface area contributed by atoms with Crippen LogP contribution in [-0.4, -0.2) is 33.8 Å². The molecule has 5 nitrogen and oxygen atoms in total. The number of hydrogen-bond donors (Lipinski definition) is 4. The van der Waals surface area contributed by atoms with Crippen LogP contribution < -0.4 is 10.9 Å². The lowest BCUT2D eigenvalue weighted by Crippen LogP contribution is -2.20. The topological polar surface area (TPSA) is 80.9 Å². The molecule has 0 aliphatic rings.